The van der Waals surface area contributed by atoms with Gasteiger partial charge in [-0.3, -0.25) is 4.79 Å². The fourth-order valence-corrected chi connectivity index (χ4v) is 2.50. The van der Waals surface area contributed by atoms with E-state index in [9.17, 15) is 4.79 Å². The SMILES string of the molecule is CC(C)(C)C(=O)N1C2CCC1CNC2. The van der Waals surface area contributed by atoms with Crippen molar-refractivity contribution in [1.29, 1.82) is 0 Å². The molecule has 0 aliphatic carbocycles. The Morgan fingerprint density at radius 3 is 2.14 bits per heavy atom. The van der Waals surface area contributed by atoms with E-state index >= 15 is 0 Å². The van der Waals surface area contributed by atoms with Crippen molar-refractivity contribution in [2.24, 2.45) is 5.41 Å². The van der Waals surface area contributed by atoms with Gasteiger partial charge >= 0.3 is 0 Å². The van der Waals surface area contributed by atoms with Crippen LogP contribution in [-0.4, -0.2) is 36.0 Å². The number of carbonyl (C=O) groups excluding carboxylic acids is 1. The van der Waals surface area contributed by atoms with Gasteiger partial charge in [-0.25, -0.2) is 0 Å². The summed E-state index contributed by atoms with van der Waals surface area (Å²) in [5, 5.41) is 3.39. The van der Waals surface area contributed by atoms with Crippen LogP contribution in [0.4, 0.5) is 0 Å². The number of amides is 1. The quantitative estimate of drug-likeness (QED) is 0.627. The molecule has 2 fully saturated rings. The van der Waals surface area contributed by atoms with E-state index in [0.29, 0.717) is 18.0 Å². The van der Waals surface area contributed by atoms with E-state index in [1.54, 1.807) is 0 Å². The second-order valence-corrected chi connectivity index (χ2v) is 5.51. The highest BCUT2D eigenvalue weighted by Gasteiger charge is 2.42. The Labute approximate surface area is 85.8 Å². The van der Waals surface area contributed by atoms with Gasteiger partial charge in [0.25, 0.3) is 0 Å². The number of hydrogen-bond acceptors (Lipinski definition) is 2. The normalized spacial score (nSPS) is 32.1. The average Bonchev–Trinajstić information content (AvgIpc) is 2.32. The molecule has 2 rings (SSSR count). The summed E-state index contributed by atoms with van der Waals surface area (Å²) in [6.07, 6.45) is 2.36. The molecule has 0 spiro atoms. The van der Waals surface area contributed by atoms with E-state index in [4.69, 9.17) is 0 Å². The van der Waals surface area contributed by atoms with E-state index < -0.39 is 0 Å². The standard InChI is InChI=1S/C11H20N2O/c1-11(2,3)10(14)13-8-4-5-9(13)7-12-6-8/h8-9,12H,4-7H2,1-3H3. The number of nitrogens with zero attached hydrogens (tertiary/aromatic N) is 1. The summed E-state index contributed by atoms with van der Waals surface area (Å²) in [4.78, 5) is 14.3. The zero-order valence-electron chi connectivity index (χ0n) is 9.34. The van der Waals surface area contributed by atoms with E-state index in [-0.39, 0.29) is 5.41 Å². The van der Waals surface area contributed by atoms with Crippen molar-refractivity contribution in [3.63, 3.8) is 0 Å². The molecule has 0 saturated carbocycles. The van der Waals surface area contributed by atoms with E-state index in [0.717, 1.165) is 13.1 Å². The highest BCUT2D eigenvalue weighted by atomic mass is 16.2. The summed E-state index contributed by atoms with van der Waals surface area (Å²) >= 11 is 0. The van der Waals surface area contributed by atoms with Gasteiger partial charge in [0.1, 0.15) is 0 Å². The van der Waals surface area contributed by atoms with Gasteiger partial charge in [0.05, 0.1) is 0 Å². The lowest BCUT2D eigenvalue weighted by Crippen LogP contribution is -2.56. The predicted molar refractivity (Wildman–Crippen MR) is 56.0 cm³/mol. The zero-order valence-corrected chi connectivity index (χ0v) is 9.34. The molecule has 2 aliphatic heterocycles. The second-order valence-electron chi connectivity index (χ2n) is 5.51. The van der Waals surface area contributed by atoms with Crippen LogP contribution in [0.1, 0.15) is 33.6 Å². The van der Waals surface area contributed by atoms with Gasteiger partial charge in [-0.2, -0.15) is 0 Å². The van der Waals surface area contributed by atoms with Crippen LogP contribution in [-0.2, 0) is 4.79 Å². The molecular weight excluding hydrogens is 176 g/mol. The first kappa shape index (κ1) is 9.97. The molecule has 2 saturated heterocycles. The van der Waals surface area contributed by atoms with Crippen molar-refractivity contribution in [3.05, 3.63) is 0 Å². The number of fused-ring (bicyclic) bond motifs is 2. The molecular formula is C11H20N2O. The molecule has 3 nitrogen and oxygen atoms in total. The lowest BCUT2D eigenvalue weighted by Gasteiger charge is -2.39. The second kappa shape index (κ2) is 3.23. The molecule has 2 heterocycles. The van der Waals surface area contributed by atoms with Crippen LogP contribution >= 0.6 is 0 Å². The minimum Gasteiger partial charge on any atom is -0.334 e. The first-order valence-electron chi connectivity index (χ1n) is 5.53. The zero-order chi connectivity index (χ0) is 10.3. The maximum atomic E-state index is 12.2. The van der Waals surface area contributed by atoms with E-state index in [1.165, 1.54) is 12.8 Å². The van der Waals surface area contributed by atoms with Gasteiger partial charge in [0.2, 0.25) is 5.91 Å². The maximum Gasteiger partial charge on any atom is 0.228 e. The Morgan fingerprint density at radius 1 is 1.21 bits per heavy atom. The summed E-state index contributed by atoms with van der Waals surface area (Å²) in [5.41, 5.74) is -0.224. The van der Waals surface area contributed by atoms with Gasteiger partial charge < -0.3 is 10.2 Å². The fraction of sp³-hybridized carbons (Fsp3) is 0.909. The van der Waals surface area contributed by atoms with Crippen molar-refractivity contribution < 1.29 is 4.79 Å². The Kier molecular flexibility index (Phi) is 2.30. The third-order valence-electron chi connectivity index (χ3n) is 3.26. The number of carbonyl (C=O) groups is 1. The lowest BCUT2D eigenvalue weighted by atomic mass is 9.93. The first-order chi connectivity index (χ1) is 6.50. The van der Waals surface area contributed by atoms with Crippen LogP contribution in [0.5, 0.6) is 0 Å². The molecule has 80 valence electrons. The van der Waals surface area contributed by atoms with Gasteiger partial charge in [0.15, 0.2) is 0 Å². The molecule has 1 N–H and O–H groups in total. The molecule has 0 radical (unpaired) electrons. The largest absolute Gasteiger partial charge is 0.334 e. The number of hydrogen-bond donors (Lipinski definition) is 1. The van der Waals surface area contributed by atoms with Crippen molar-refractivity contribution in [3.8, 4) is 0 Å². The number of rotatable bonds is 0. The van der Waals surface area contributed by atoms with Gasteiger partial charge in [0, 0.05) is 30.6 Å². The molecule has 0 aromatic heterocycles. The molecule has 3 heteroatoms. The lowest BCUT2D eigenvalue weighted by molar-refractivity contribution is -0.143. The third kappa shape index (κ3) is 1.54. The molecule has 0 aromatic rings. The van der Waals surface area contributed by atoms with Gasteiger partial charge in [-0.1, -0.05) is 20.8 Å². The minimum atomic E-state index is -0.224. The topological polar surface area (TPSA) is 32.3 Å². The Bertz CT molecular complexity index is 228. The van der Waals surface area contributed by atoms with Gasteiger partial charge in [-0.15, -0.1) is 0 Å². The number of nitrogens with one attached hydrogen (secondary N) is 1. The summed E-state index contributed by atoms with van der Waals surface area (Å²) < 4.78 is 0. The molecule has 2 bridgehead atoms. The van der Waals surface area contributed by atoms with E-state index in [1.807, 2.05) is 20.8 Å². The predicted octanol–water partition coefficient (Wildman–Crippen LogP) is 0.995. The van der Waals surface area contributed by atoms with E-state index in [2.05, 4.69) is 10.2 Å². The first-order valence-corrected chi connectivity index (χ1v) is 5.53. The minimum absolute atomic E-state index is 0.224. The maximum absolute atomic E-state index is 12.2. The summed E-state index contributed by atoms with van der Waals surface area (Å²) in [6, 6.07) is 0.918. The highest BCUT2D eigenvalue weighted by Crippen LogP contribution is 2.31. The van der Waals surface area contributed by atoms with Crippen LogP contribution < -0.4 is 5.32 Å². The van der Waals surface area contributed by atoms with Crippen LogP contribution in [0, 0.1) is 5.41 Å². The molecule has 2 unspecified atom stereocenters. The monoisotopic (exact) mass is 196 g/mol. The van der Waals surface area contributed by atoms with Crippen molar-refractivity contribution in [1.82, 2.24) is 10.2 Å². The fourth-order valence-electron chi connectivity index (χ4n) is 2.50. The van der Waals surface area contributed by atoms with Gasteiger partial charge in [-0.05, 0) is 12.8 Å². The smallest absolute Gasteiger partial charge is 0.228 e. The Balaban J connectivity index is 2.15. The van der Waals surface area contributed by atoms with Crippen molar-refractivity contribution >= 4 is 5.91 Å². The molecule has 0 aromatic carbocycles. The number of piperazine rings is 1. The van der Waals surface area contributed by atoms with Crippen LogP contribution in [0.15, 0.2) is 0 Å². The summed E-state index contributed by atoms with van der Waals surface area (Å²) in [5.74, 6) is 0.325. The molecule has 1 amide bonds. The highest BCUT2D eigenvalue weighted by molar-refractivity contribution is 5.82. The third-order valence-corrected chi connectivity index (χ3v) is 3.26. The molecule has 2 aliphatic rings. The van der Waals surface area contributed by atoms with Crippen molar-refractivity contribution in [2.45, 2.75) is 45.7 Å². The Morgan fingerprint density at radius 2 is 1.71 bits per heavy atom. The van der Waals surface area contributed by atoms with Crippen molar-refractivity contribution in [2.75, 3.05) is 13.1 Å². The Hall–Kier alpha value is -0.570. The summed E-state index contributed by atoms with van der Waals surface area (Å²) in [6.45, 7) is 8.00. The average molecular weight is 196 g/mol. The molecule has 2 atom stereocenters. The van der Waals surface area contributed by atoms with Crippen LogP contribution in [0.25, 0.3) is 0 Å². The molecule has 14 heavy (non-hydrogen) atoms. The van der Waals surface area contributed by atoms with Crippen LogP contribution in [0.2, 0.25) is 0 Å². The summed E-state index contributed by atoms with van der Waals surface area (Å²) in [7, 11) is 0. The van der Waals surface area contributed by atoms with Crippen LogP contribution in [0.3, 0.4) is 0 Å².